The highest BCUT2D eigenvalue weighted by molar-refractivity contribution is 5.57. The number of hydrogen-bond acceptors (Lipinski definition) is 4. The van der Waals surface area contributed by atoms with Gasteiger partial charge in [0.05, 0.1) is 5.69 Å². The van der Waals surface area contributed by atoms with Crippen LogP contribution in [-0.4, -0.2) is 44.4 Å². The van der Waals surface area contributed by atoms with Gasteiger partial charge >= 0.3 is 0 Å². The SMILES string of the molecule is CCn1ccc(-c2nc(CC3CCN(C)CC3)nn2-c2ccccc2)cc1=O. The minimum atomic E-state index is -0.0144. The van der Waals surface area contributed by atoms with Crippen molar-refractivity contribution in [1.82, 2.24) is 24.2 Å². The van der Waals surface area contributed by atoms with Crippen molar-refractivity contribution in [2.24, 2.45) is 5.92 Å². The second kappa shape index (κ2) is 8.10. The largest absolute Gasteiger partial charge is 0.316 e. The van der Waals surface area contributed by atoms with E-state index in [4.69, 9.17) is 10.1 Å². The summed E-state index contributed by atoms with van der Waals surface area (Å²) in [5.41, 5.74) is 1.75. The summed E-state index contributed by atoms with van der Waals surface area (Å²) in [6.07, 6.45) is 5.07. The average molecular weight is 377 g/mol. The lowest BCUT2D eigenvalue weighted by molar-refractivity contribution is 0.217. The molecule has 0 radical (unpaired) electrons. The number of pyridine rings is 1. The Balaban J connectivity index is 1.70. The van der Waals surface area contributed by atoms with Crippen molar-refractivity contribution in [1.29, 1.82) is 0 Å². The van der Waals surface area contributed by atoms with Crippen LogP contribution in [0.15, 0.2) is 53.5 Å². The summed E-state index contributed by atoms with van der Waals surface area (Å²) in [5.74, 6) is 2.20. The number of para-hydroxylation sites is 1. The fourth-order valence-corrected chi connectivity index (χ4v) is 3.81. The van der Waals surface area contributed by atoms with E-state index in [1.54, 1.807) is 10.6 Å². The van der Waals surface area contributed by atoms with E-state index < -0.39 is 0 Å². The Hall–Kier alpha value is -2.73. The van der Waals surface area contributed by atoms with E-state index in [0.717, 1.165) is 42.4 Å². The third-order valence-corrected chi connectivity index (χ3v) is 5.56. The maximum atomic E-state index is 12.3. The summed E-state index contributed by atoms with van der Waals surface area (Å²) in [6.45, 7) is 4.89. The summed E-state index contributed by atoms with van der Waals surface area (Å²) < 4.78 is 3.56. The lowest BCUT2D eigenvalue weighted by Gasteiger charge is -2.28. The molecule has 3 aromatic rings. The van der Waals surface area contributed by atoms with Gasteiger partial charge in [-0.3, -0.25) is 4.79 Å². The van der Waals surface area contributed by atoms with Gasteiger partial charge in [0, 0.05) is 30.8 Å². The molecule has 1 fully saturated rings. The highest BCUT2D eigenvalue weighted by Crippen LogP contribution is 2.24. The summed E-state index contributed by atoms with van der Waals surface area (Å²) in [5, 5.41) is 4.83. The highest BCUT2D eigenvalue weighted by atomic mass is 16.1. The minimum absolute atomic E-state index is 0.0144. The average Bonchev–Trinajstić information content (AvgIpc) is 3.14. The third kappa shape index (κ3) is 3.92. The van der Waals surface area contributed by atoms with Gasteiger partial charge in [-0.05, 0) is 64.0 Å². The van der Waals surface area contributed by atoms with Gasteiger partial charge in [0.15, 0.2) is 11.6 Å². The standard InChI is InChI=1S/C22H27N5O/c1-3-26-14-11-18(16-21(26)28)22-23-20(15-17-9-12-25(2)13-10-17)24-27(22)19-7-5-4-6-8-19/h4-8,11,14,16-17H,3,9-10,12-13,15H2,1-2H3. The molecule has 1 aliphatic rings. The quantitative estimate of drug-likeness (QED) is 0.686. The molecular weight excluding hydrogens is 350 g/mol. The highest BCUT2D eigenvalue weighted by Gasteiger charge is 2.21. The Morgan fingerprint density at radius 2 is 1.86 bits per heavy atom. The third-order valence-electron chi connectivity index (χ3n) is 5.56. The number of rotatable bonds is 5. The molecule has 1 aliphatic heterocycles. The second-order valence-corrected chi connectivity index (χ2v) is 7.59. The van der Waals surface area contributed by atoms with Gasteiger partial charge < -0.3 is 9.47 Å². The summed E-state index contributed by atoms with van der Waals surface area (Å²) in [4.78, 5) is 19.6. The maximum Gasteiger partial charge on any atom is 0.251 e. The summed E-state index contributed by atoms with van der Waals surface area (Å²) in [7, 11) is 2.18. The van der Waals surface area contributed by atoms with Gasteiger partial charge in [-0.15, -0.1) is 0 Å². The van der Waals surface area contributed by atoms with Crippen LogP contribution >= 0.6 is 0 Å². The molecule has 6 nitrogen and oxygen atoms in total. The first kappa shape index (κ1) is 18.6. The molecule has 0 atom stereocenters. The van der Waals surface area contributed by atoms with Crippen molar-refractivity contribution in [2.45, 2.75) is 32.7 Å². The van der Waals surface area contributed by atoms with Crippen LogP contribution in [-0.2, 0) is 13.0 Å². The van der Waals surface area contributed by atoms with Crippen LogP contribution in [0.1, 0.15) is 25.6 Å². The fourth-order valence-electron chi connectivity index (χ4n) is 3.81. The number of likely N-dealkylation sites (tertiary alicyclic amines) is 1. The van der Waals surface area contributed by atoms with Crippen LogP contribution in [0.3, 0.4) is 0 Å². The monoisotopic (exact) mass is 377 g/mol. The van der Waals surface area contributed by atoms with E-state index in [9.17, 15) is 4.79 Å². The normalized spacial score (nSPS) is 15.8. The van der Waals surface area contributed by atoms with Crippen LogP contribution in [0.4, 0.5) is 0 Å². The Morgan fingerprint density at radius 3 is 2.54 bits per heavy atom. The predicted molar refractivity (Wildman–Crippen MR) is 111 cm³/mol. The Bertz CT molecular complexity index is 984. The zero-order chi connectivity index (χ0) is 19.5. The zero-order valence-corrected chi connectivity index (χ0v) is 16.6. The molecule has 3 heterocycles. The number of hydrogen-bond donors (Lipinski definition) is 0. The maximum absolute atomic E-state index is 12.3. The zero-order valence-electron chi connectivity index (χ0n) is 16.6. The lowest BCUT2D eigenvalue weighted by Crippen LogP contribution is -2.31. The minimum Gasteiger partial charge on any atom is -0.316 e. The van der Waals surface area contributed by atoms with Gasteiger partial charge in [-0.1, -0.05) is 18.2 Å². The molecule has 4 rings (SSSR count). The topological polar surface area (TPSA) is 56.0 Å². The van der Waals surface area contributed by atoms with Crippen molar-refractivity contribution in [2.75, 3.05) is 20.1 Å². The molecule has 0 N–H and O–H groups in total. The summed E-state index contributed by atoms with van der Waals surface area (Å²) in [6, 6.07) is 13.6. The Labute approximate surface area is 165 Å². The molecule has 0 spiro atoms. The van der Waals surface area contributed by atoms with E-state index in [0.29, 0.717) is 12.5 Å². The van der Waals surface area contributed by atoms with Crippen molar-refractivity contribution in [3.63, 3.8) is 0 Å². The van der Waals surface area contributed by atoms with Gasteiger partial charge in [-0.2, -0.15) is 5.10 Å². The molecular formula is C22H27N5O. The number of aryl methyl sites for hydroxylation is 1. The van der Waals surface area contributed by atoms with Gasteiger partial charge in [0.25, 0.3) is 5.56 Å². The first-order chi connectivity index (χ1) is 13.6. The lowest BCUT2D eigenvalue weighted by atomic mass is 9.94. The van der Waals surface area contributed by atoms with Crippen molar-refractivity contribution < 1.29 is 0 Å². The van der Waals surface area contributed by atoms with Crippen LogP contribution in [0.25, 0.3) is 17.1 Å². The first-order valence-corrected chi connectivity index (χ1v) is 10.0. The van der Waals surface area contributed by atoms with E-state index in [1.807, 2.05) is 54.2 Å². The van der Waals surface area contributed by atoms with Crippen LogP contribution in [0.5, 0.6) is 0 Å². The van der Waals surface area contributed by atoms with E-state index >= 15 is 0 Å². The summed E-state index contributed by atoms with van der Waals surface area (Å²) >= 11 is 0. The molecule has 0 saturated carbocycles. The fraction of sp³-hybridized carbons (Fsp3) is 0.409. The second-order valence-electron chi connectivity index (χ2n) is 7.59. The molecule has 6 heteroatoms. The van der Waals surface area contributed by atoms with E-state index in [2.05, 4.69) is 11.9 Å². The molecule has 2 aromatic heterocycles. The van der Waals surface area contributed by atoms with Crippen LogP contribution in [0, 0.1) is 5.92 Å². The van der Waals surface area contributed by atoms with E-state index in [1.165, 1.54) is 12.8 Å². The van der Waals surface area contributed by atoms with Crippen LogP contribution < -0.4 is 5.56 Å². The number of aromatic nitrogens is 4. The molecule has 28 heavy (non-hydrogen) atoms. The molecule has 146 valence electrons. The molecule has 1 aromatic carbocycles. The number of piperidine rings is 1. The Kier molecular flexibility index (Phi) is 5.39. The van der Waals surface area contributed by atoms with E-state index in [-0.39, 0.29) is 5.56 Å². The van der Waals surface area contributed by atoms with Gasteiger partial charge in [0.2, 0.25) is 0 Å². The molecule has 1 saturated heterocycles. The van der Waals surface area contributed by atoms with Crippen LogP contribution in [0.2, 0.25) is 0 Å². The molecule has 0 unspecified atom stereocenters. The van der Waals surface area contributed by atoms with Gasteiger partial charge in [0.1, 0.15) is 0 Å². The smallest absolute Gasteiger partial charge is 0.251 e. The Morgan fingerprint density at radius 1 is 1.11 bits per heavy atom. The number of benzene rings is 1. The molecule has 0 amide bonds. The van der Waals surface area contributed by atoms with Crippen molar-refractivity contribution >= 4 is 0 Å². The first-order valence-electron chi connectivity index (χ1n) is 10.0. The molecule has 0 aliphatic carbocycles. The van der Waals surface area contributed by atoms with Crippen molar-refractivity contribution in [3.8, 4) is 17.1 Å². The predicted octanol–water partition coefficient (Wildman–Crippen LogP) is 3.00. The molecule has 0 bridgehead atoms. The number of nitrogens with zero attached hydrogens (tertiary/aromatic N) is 5. The van der Waals surface area contributed by atoms with Crippen molar-refractivity contribution in [3.05, 3.63) is 64.8 Å². The van der Waals surface area contributed by atoms with Gasteiger partial charge in [-0.25, -0.2) is 9.67 Å².